The van der Waals surface area contributed by atoms with Crippen LogP contribution in [-0.4, -0.2) is 7.11 Å². The summed E-state index contributed by atoms with van der Waals surface area (Å²) in [5, 5.41) is 0. The molecule has 0 amide bonds. The van der Waals surface area contributed by atoms with E-state index in [1.165, 1.54) is 11.1 Å². The third kappa shape index (κ3) is 1.40. The van der Waals surface area contributed by atoms with Crippen LogP contribution in [0.3, 0.4) is 0 Å². The summed E-state index contributed by atoms with van der Waals surface area (Å²) >= 11 is 0. The van der Waals surface area contributed by atoms with Gasteiger partial charge in [0.15, 0.2) is 0 Å². The molecule has 1 heteroatoms. The average Bonchev–Trinajstić information content (AvgIpc) is 2.38. The highest BCUT2D eigenvalue weighted by molar-refractivity contribution is 5.49. The van der Waals surface area contributed by atoms with E-state index in [0.717, 1.165) is 5.76 Å². The molecular weight excluding hydrogens is 196 g/mol. The summed E-state index contributed by atoms with van der Waals surface area (Å²) in [5.74, 6) is 1.87. The van der Waals surface area contributed by atoms with Gasteiger partial charge in [0.25, 0.3) is 0 Å². The van der Waals surface area contributed by atoms with Gasteiger partial charge in [0.1, 0.15) is 5.76 Å². The summed E-state index contributed by atoms with van der Waals surface area (Å²) < 4.78 is 5.31. The minimum atomic E-state index is 0.432. The second-order valence-corrected chi connectivity index (χ2v) is 4.24. The van der Waals surface area contributed by atoms with Crippen molar-refractivity contribution in [3.8, 4) is 0 Å². The van der Waals surface area contributed by atoms with Gasteiger partial charge < -0.3 is 4.74 Å². The lowest BCUT2D eigenvalue weighted by molar-refractivity contribution is 0.300. The Morgan fingerprint density at radius 1 is 0.938 bits per heavy atom. The van der Waals surface area contributed by atoms with Crippen molar-refractivity contribution in [2.75, 3.05) is 7.11 Å². The molecule has 0 bridgehead atoms. The van der Waals surface area contributed by atoms with Crippen molar-refractivity contribution in [1.29, 1.82) is 0 Å². The molecule has 3 aliphatic rings. The predicted molar refractivity (Wildman–Crippen MR) is 65.7 cm³/mol. The van der Waals surface area contributed by atoms with Gasteiger partial charge in [-0.25, -0.2) is 0 Å². The molecule has 0 N–H and O–H groups in total. The van der Waals surface area contributed by atoms with Gasteiger partial charge in [-0.05, 0) is 23.3 Å². The van der Waals surface area contributed by atoms with Gasteiger partial charge >= 0.3 is 0 Å². The SMILES string of the molecule is COC1=C[C@H]2C(=CC=C3C=CC=C[C@@H]32)C=C1. The van der Waals surface area contributed by atoms with Crippen LogP contribution in [0.1, 0.15) is 0 Å². The van der Waals surface area contributed by atoms with Gasteiger partial charge in [-0.3, -0.25) is 0 Å². The van der Waals surface area contributed by atoms with Crippen LogP contribution in [0, 0.1) is 11.8 Å². The van der Waals surface area contributed by atoms with E-state index in [1.807, 2.05) is 6.08 Å². The molecule has 16 heavy (non-hydrogen) atoms. The molecular formula is C15H14O. The number of allylic oxidation sites excluding steroid dienone is 11. The molecule has 0 unspecified atom stereocenters. The Morgan fingerprint density at radius 3 is 2.56 bits per heavy atom. The molecule has 0 saturated carbocycles. The molecule has 2 atom stereocenters. The van der Waals surface area contributed by atoms with Gasteiger partial charge in [-0.1, -0.05) is 42.5 Å². The molecule has 80 valence electrons. The highest BCUT2D eigenvalue weighted by Gasteiger charge is 2.28. The van der Waals surface area contributed by atoms with Gasteiger partial charge in [0.2, 0.25) is 0 Å². The molecule has 0 spiro atoms. The lowest BCUT2D eigenvalue weighted by Gasteiger charge is -2.31. The molecule has 0 fully saturated rings. The van der Waals surface area contributed by atoms with Crippen molar-refractivity contribution in [3.05, 3.63) is 71.6 Å². The average molecular weight is 210 g/mol. The lowest BCUT2D eigenvalue weighted by Crippen LogP contribution is -2.20. The Labute approximate surface area is 95.8 Å². The van der Waals surface area contributed by atoms with E-state index in [-0.39, 0.29) is 0 Å². The van der Waals surface area contributed by atoms with E-state index in [1.54, 1.807) is 7.11 Å². The first-order chi connectivity index (χ1) is 7.88. The number of hydrogen-bond donors (Lipinski definition) is 0. The molecule has 0 radical (unpaired) electrons. The Bertz CT molecular complexity index is 484. The summed E-state index contributed by atoms with van der Waals surface area (Å²) in [5.41, 5.74) is 2.76. The van der Waals surface area contributed by atoms with E-state index in [4.69, 9.17) is 4.74 Å². The van der Waals surface area contributed by atoms with E-state index >= 15 is 0 Å². The molecule has 3 rings (SSSR count). The monoisotopic (exact) mass is 210 g/mol. The van der Waals surface area contributed by atoms with Gasteiger partial charge in [0.05, 0.1) is 7.11 Å². The standard InChI is InChI=1S/C15H14O/c1-16-13-9-8-12-7-6-11-4-2-3-5-14(11)15(12)10-13/h2-10,14-15H,1H3/t14-,15-/m0/s1. The number of methoxy groups -OCH3 is 1. The Morgan fingerprint density at radius 2 is 1.75 bits per heavy atom. The summed E-state index contributed by atoms with van der Waals surface area (Å²) in [6, 6.07) is 0. The predicted octanol–water partition coefficient (Wildman–Crippen LogP) is 3.31. The fourth-order valence-electron chi connectivity index (χ4n) is 2.49. The van der Waals surface area contributed by atoms with Crippen LogP contribution in [0.5, 0.6) is 0 Å². The summed E-state index contributed by atoms with van der Waals surface area (Å²) in [7, 11) is 1.72. The van der Waals surface area contributed by atoms with Crippen LogP contribution in [0.25, 0.3) is 0 Å². The second-order valence-electron chi connectivity index (χ2n) is 4.24. The highest BCUT2D eigenvalue weighted by Crippen LogP contribution is 2.39. The van der Waals surface area contributed by atoms with Crippen molar-refractivity contribution >= 4 is 0 Å². The van der Waals surface area contributed by atoms with E-state index in [0.29, 0.717) is 11.8 Å². The first-order valence-electron chi connectivity index (χ1n) is 5.59. The number of ether oxygens (including phenoxy) is 1. The van der Waals surface area contributed by atoms with E-state index in [9.17, 15) is 0 Å². The Hall–Kier alpha value is -1.76. The third-order valence-corrected chi connectivity index (χ3v) is 3.36. The number of rotatable bonds is 1. The minimum Gasteiger partial charge on any atom is -0.497 e. The Kier molecular flexibility index (Phi) is 2.17. The molecule has 3 aliphatic carbocycles. The summed E-state index contributed by atoms with van der Waals surface area (Å²) in [6.45, 7) is 0. The van der Waals surface area contributed by atoms with Gasteiger partial charge in [-0.2, -0.15) is 0 Å². The van der Waals surface area contributed by atoms with Gasteiger partial charge in [0, 0.05) is 11.8 Å². The number of hydrogen-bond acceptors (Lipinski definition) is 1. The molecule has 0 aromatic carbocycles. The quantitative estimate of drug-likeness (QED) is 0.645. The topological polar surface area (TPSA) is 9.23 Å². The normalized spacial score (nSPS) is 29.9. The van der Waals surface area contributed by atoms with Gasteiger partial charge in [-0.15, -0.1) is 0 Å². The highest BCUT2D eigenvalue weighted by atomic mass is 16.5. The van der Waals surface area contributed by atoms with Crippen LogP contribution < -0.4 is 0 Å². The Balaban J connectivity index is 2.02. The zero-order valence-corrected chi connectivity index (χ0v) is 9.26. The number of fused-ring (bicyclic) bond motifs is 3. The maximum Gasteiger partial charge on any atom is 0.115 e. The van der Waals surface area contributed by atoms with Crippen molar-refractivity contribution < 1.29 is 4.74 Å². The smallest absolute Gasteiger partial charge is 0.115 e. The zero-order valence-electron chi connectivity index (χ0n) is 9.26. The fraction of sp³-hybridized carbons (Fsp3) is 0.200. The van der Waals surface area contributed by atoms with Crippen molar-refractivity contribution in [1.82, 2.24) is 0 Å². The molecule has 0 heterocycles. The van der Waals surface area contributed by atoms with Crippen LogP contribution in [0.15, 0.2) is 71.6 Å². The minimum absolute atomic E-state index is 0.432. The fourth-order valence-corrected chi connectivity index (χ4v) is 2.49. The first-order valence-corrected chi connectivity index (χ1v) is 5.59. The van der Waals surface area contributed by atoms with Crippen molar-refractivity contribution in [2.45, 2.75) is 0 Å². The molecule has 0 aliphatic heterocycles. The summed E-state index contributed by atoms with van der Waals surface area (Å²) in [4.78, 5) is 0. The first kappa shape index (κ1) is 9.46. The largest absolute Gasteiger partial charge is 0.497 e. The van der Waals surface area contributed by atoms with Crippen LogP contribution in [0.4, 0.5) is 0 Å². The van der Waals surface area contributed by atoms with Crippen LogP contribution in [0.2, 0.25) is 0 Å². The lowest BCUT2D eigenvalue weighted by atomic mass is 9.74. The maximum absolute atomic E-state index is 5.31. The summed E-state index contributed by atoms with van der Waals surface area (Å²) in [6.07, 6.45) is 19.5. The van der Waals surface area contributed by atoms with Crippen LogP contribution >= 0.6 is 0 Å². The van der Waals surface area contributed by atoms with E-state index < -0.39 is 0 Å². The van der Waals surface area contributed by atoms with E-state index in [2.05, 4.69) is 48.6 Å². The van der Waals surface area contributed by atoms with Crippen molar-refractivity contribution in [3.63, 3.8) is 0 Å². The maximum atomic E-state index is 5.31. The molecule has 0 aromatic rings. The van der Waals surface area contributed by atoms with Crippen molar-refractivity contribution in [2.24, 2.45) is 11.8 Å². The molecule has 0 saturated heterocycles. The second kappa shape index (κ2) is 3.67. The third-order valence-electron chi connectivity index (χ3n) is 3.36. The molecule has 0 aromatic heterocycles. The molecule has 1 nitrogen and oxygen atoms in total. The van der Waals surface area contributed by atoms with Crippen LogP contribution in [-0.2, 0) is 4.74 Å². The zero-order chi connectivity index (χ0) is 11.0.